The maximum absolute atomic E-state index is 2.34. The van der Waals surface area contributed by atoms with E-state index in [1.54, 1.807) is 0 Å². The molecule has 0 saturated carbocycles. The fraction of sp³-hybridized carbons (Fsp3) is 1.00. The second-order valence-corrected chi connectivity index (χ2v) is 21.4. The Morgan fingerprint density at radius 1 is 0.529 bits per heavy atom. The van der Waals surface area contributed by atoms with Crippen molar-refractivity contribution in [2.75, 3.05) is 0 Å². The maximum atomic E-state index is 2.34. The molecule has 0 N–H and O–H groups in total. The van der Waals surface area contributed by atoms with Gasteiger partial charge in [0.2, 0.25) is 0 Å². The summed E-state index contributed by atoms with van der Waals surface area (Å²) in [5.41, 5.74) is 0. The Kier molecular flexibility index (Phi) is 31.8. The first-order valence-electron chi connectivity index (χ1n) is 7.36. The molecule has 0 rings (SSSR count). The molecule has 104 valence electrons. The molecule has 0 atom stereocenters. The van der Waals surface area contributed by atoms with E-state index >= 15 is 0 Å². The molecule has 4 radical (unpaired) electrons. The predicted octanol–water partition coefficient (Wildman–Crippen LogP) is 5.87. The van der Waals surface area contributed by atoms with Crippen LogP contribution in [-0.4, -0.2) is 44.1 Å². The molecular formula is C14H36Ge3. The zero-order valence-electron chi connectivity index (χ0n) is 13.7. The zero-order chi connectivity index (χ0) is 14.1. The van der Waals surface area contributed by atoms with E-state index in [0.717, 1.165) is 0 Å². The zero-order valence-corrected chi connectivity index (χ0v) is 20.0. The molecule has 0 amide bonds. The molecule has 0 aromatic rings. The van der Waals surface area contributed by atoms with E-state index in [-0.39, 0.29) is 0 Å². The number of hydrogen-bond acceptors (Lipinski definition) is 0. The van der Waals surface area contributed by atoms with Crippen molar-refractivity contribution in [2.24, 2.45) is 0 Å². The van der Waals surface area contributed by atoms with E-state index in [2.05, 4.69) is 53.1 Å². The first-order chi connectivity index (χ1) is 8.11. The molecule has 0 nitrogen and oxygen atoms in total. The fourth-order valence-corrected chi connectivity index (χ4v) is 7.79. The quantitative estimate of drug-likeness (QED) is 0.470. The second kappa shape index (κ2) is 22.8. The molecule has 0 spiro atoms. The molecule has 0 saturated heterocycles. The summed E-state index contributed by atoms with van der Waals surface area (Å²) in [6, 6.07) is 0. The SMILES string of the molecule is C[CH2][Ge]([CH2]C)[CH2]C.C[CH2][Ge]([CH2]C)[CH2]C.[CH3][Ge][CH3]. The van der Waals surface area contributed by atoms with Crippen LogP contribution in [0.25, 0.3) is 0 Å². The number of rotatable bonds is 6. The van der Waals surface area contributed by atoms with Crippen LogP contribution in [0.2, 0.25) is 43.0 Å². The average molecular weight is 422 g/mol. The predicted molar refractivity (Wildman–Crippen MR) is 91.9 cm³/mol. The van der Waals surface area contributed by atoms with Gasteiger partial charge in [0.05, 0.1) is 0 Å². The van der Waals surface area contributed by atoms with Crippen molar-refractivity contribution >= 4 is 44.1 Å². The van der Waals surface area contributed by atoms with Crippen LogP contribution < -0.4 is 0 Å². The standard InChI is InChI=1S/2C6H15Ge.C2H6Ge/c2*1-4-7(5-2)6-3;1-3-2/h2*4-6H2,1-3H3;1-2H3. The Bertz CT molecular complexity index is 76.6. The van der Waals surface area contributed by atoms with Crippen molar-refractivity contribution in [3.8, 4) is 0 Å². The van der Waals surface area contributed by atoms with Crippen molar-refractivity contribution in [1.29, 1.82) is 0 Å². The summed E-state index contributed by atoms with van der Waals surface area (Å²) < 4.78 is 0. The van der Waals surface area contributed by atoms with Crippen LogP contribution in [0.5, 0.6) is 0 Å². The van der Waals surface area contributed by atoms with Crippen LogP contribution in [0.15, 0.2) is 0 Å². The molecule has 0 aliphatic rings. The summed E-state index contributed by atoms with van der Waals surface area (Å²) in [5, 5.41) is 9.12. The van der Waals surface area contributed by atoms with Crippen LogP contribution in [0.4, 0.5) is 0 Å². The molecule has 0 aromatic heterocycles. The Hall–Kier alpha value is 1.63. The van der Waals surface area contributed by atoms with E-state index in [1.165, 1.54) is 31.5 Å². The normalized spacial score (nSPS) is 9.53. The summed E-state index contributed by atoms with van der Waals surface area (Å²) in [4.78, 5) is 0. The van der Waals surface area contributed by atoms with Crippen LogP contribution in [0.1, 0.15) is 41.5 Å². The van der Waals surface area contributed by atoms with Crippen molar-refractivity contribution in [1.82, 2.24) is 0 Å². The van der Waals surface area contributed by atoms with Gasteiger partial charge in [-0.05, 0) is 0 Å². The minimum absolute atomic E-state index is 0.403. The molecule has 0 fully saturated rings. The van der Waals surface area contributed by atoms with Crippen molar-refractivity contribution in [2.45, 2.75) is 84.6 Å². The Labute approximate surface area is 128 Å². The van der Waals surface area contributed by atoms with Gasteiger partial charge in [0, 0.05) is 0 Å². The third-order valence-corrected chi connectivity index (χ3v) is 15.6. The molecule has 0 aliphatic carbocycles. The Morgan fingerprint density at radius 2 is 0.647 bits per heavy atom. The molecule has 0 bridgehead atoms. The summed E-state index contributed by atoms with van der Waals surface area (Å²) in [5.74, 6) is 4.50. The van der Waals surface area contributed by atoms with Gasteiger partial charge in [-0.3, -0.25) is 0 Å². The number of hydrogen-bond donors (Lipinski definition) is 0. The molecule has 0 aromatic carbocycles. The molecule has 0 unspecified atom stereocenters. The molecule has 3 heteroatoms. The summed E-state index contributed by atoms with van der Waals surface area (Å²) in [6.45, 7) is 14.0. The van der Waals surface area contributed by atoms with E-state index in [0.29, 0.717) is 15.4 Å². The van der Waals surface area contributed by atoms with E-state index in [1.807, 2.05) is 0 Å². The van der Waals surface area contributed by atoms with E-state index < -0.39 is 28.7 Å². The van der Waals surface area contributed by atoms with Crippen molar-refractivity contribution in [3.63, 3.8) is 0 Å². The van der Waals surface area contributed by atoms with Crippen LogP contribution in [0.3, 0.4) is 0 Å². The first kappa shape index (κ1) is 23.7. The van der Waals surface area contributed by atoms with Crippen LogP contribution in [-0.2, 0) is 0 Å². The van der Waals surface area contributed by atoms with Gasteiger partial charge in [0.15, 0.2) is 0 Å². The van der Waals surface area contributed by atoms with Gasteiger partial charge in [-0.25, -0.2) is 0 Å². The van der Waals surface area contributed by atoms with Gasteiger partial charge in [-0.15, -0.1) is 0 Å². The van der Waals surface area contributed by atoms with Crippen molar-refractivity contribution in [3.05, 3.63) is 0 Å². The van der Waals surface area contributed by atoms with E-state index in [9.17, 15) is 0 Å². The van der Waals surface area contributed by atoms with Gasteiger partial charge in [0.25, 0.3) is 0 Å². The summed E-state index contributed by atoms with van der Waals surface area (Å²) in [7, 11) is 0. The van der Waals surface area contributed by atoms with Gasteiger partial charge in [-0.2, -0.15) is 0 Å². The van der Waals surface area contributed by atoms with Gasteiger partial charge < -0.3 is 0 Å². The fourth-order valence-electron chi connectivity index (χ4n) is 1.50. The van der Waals surface area contributed by atoms with E-state index in [4.69, 9.17) is 0 Å². The topological polar surface area (TPSA) is 0 Å². The summed E-state index contributed by atoms with van der Waals surface area (Å²) >= 11 is -0.306. The van der Waals surface area contributed by atoms with Gasteiger partial charge >= 0.3 is 129 Å². The van der Waals surface area contributed by atoms with Gasteiger partial charge in [0.1, 0.15) is 0 Å². The molecule has 17 heavy (non-hydrogen) atoms. The Balaban J connectivity index is -0.000000188. The van der Waals surface area contributed by atoms with Crippen molar-refractivity contribution < 1.29 is 0 Å². The first-order valence-corrected chi connectivity index (χ1v) is 20.5. The third-order valence-electron chi connectivity index (χ3n) is 3.00. The third kappa shape index (κ3) is 23.2. The van der Waals surface area contributed by atoms with Crippen LogP contribution in [0, 0.1) is 0 Å². The minimum atomic E-state index is -0.403. The second-order valence-electron chi connectivity index (χ2n) is 4.12. The Morgan fingerprint density at radius 3 is 0.647 bits per heavy atom. The van der Waals surface area contributed by atoms with Gasteiger partial charge in [-0.1, -0.05) is 0 Å². The molecule has 0 heterocycles. The monoisotopic (exact) mass is 426 g/mol. The summed E-state index contributed by atoms with van der Waals surface area (Å²) in [6.07, 6.45) is 0. The molecule has 0 aliphatic heterocycles. The van der Waals surface area contributed by atoms with Crippen LogP contribution >= 0.6 is 0 Å². The average Bonchev–Trinajstić information content (AvgIpc) is 2.35. The molecular weight excluding hydrogens is 386 g/mol.